The molecule has 3 N–H and O–H groups in total. The summed E-state index contributed by atoms with van der Waals surface area (Å²) in [5.74, 6) is -0.181. The standard InChI is InChI=1S/C74H139N2O6P/c1-6-8-10-12-14-16-18-20-22-24-26-28-29-30-31-32-33-34-35-36-37-38-39-40-41-42-43-44-45-46-47-48-50-52-54-56-58-60-62-64-66-68-74(78)75-72(71-82-83(79,80)81-70-69-76(3,4)5)73(77)67-65-63-61-59-57-55-53-51-49-27-25-23-21-19-17-15-13-11-9-7-2/h8,10,14,16,20,22,26,28,57,59,65,67,72-73,77H,6-7,9,11-13,15,17-19,21,23-25,27,29-56,58,60-64,66,68-71H2,1-5H3,(H-,75,78,79,80)/p+1/b10-8-,16-14-,22-20-,28-26-,59-57+,67-65+. The van der Waals surface area contributed by atoms with Crippen LogP contribution < -0.4 is 5.32 Å². The number of likely N-dealkylation sites (N-methyl/N-ethyl adjacent to an activating group) is 1. The van der Waals surface area contributed by atoms with Crippen molar-refractivity contribution in [2.75, 3.05) is 40.9 Å². The lowest BCUT2D eigenvalue weighted by atomic mass is 10.0. The van der Waals surface area contributed by atoms with Crippen molar-refractivity contribution < 1.29 is 32.9 Å². The van der Waals surface area contributed by atoms with Crippen LogP contribution in [0.2, 0.25) is 0 Å². The lowest BCUT2D eigenvalue weighted by molar-refractivity contribution is -0.870. The maximum atomic E-state index is 13.0. The molecule has 0 fully saturated rings. The van der Waals surface area contributed by atoms with Crippen molar-refractivity contribution in [3.05, 3.63) is 72.9 Å². The molecule has 0 aromatic rings. The van der Waals surface area contributed by atoms with E-state index in [2.05, 4.69) is 79.9 Å². The van der Waals surface area contributed by atoms with Gasteiger partial charge in [0.05, 0.1) is 39.9 Å². The molecule has 8 nitrogen and oxygen atoms in total. The van der Waals surface area contributed by atoms with Crippen molar-refractivity contribution in [2.24, 2.45) is 0 Å². The van der Waals surface area contributed by atoms with Crippen molar-refractivity contribution in [1.82, 2.24) is 5.32 Å². The number of nitrogens with one attached hydrogen (secondary N) is 1. The molecule has 1 amide bonds. The van der Waals surface area contributed by atoms with E-state index in [1.165, 1.54) is 257 Å². The van der Waals surface area contributed by atoms with E-state index >= 15 is 0 Å². The van der Waals surface area contributed by atoms with Crippen molar-refractivity contribution >= 4 is 13.7 Å². The number of amides is 1. The van der Waals surface area contributed by atoms with Gasteiger partial charge in [0, 0.05) is 6.42 Å². The molecule has 0 bridgehead atoms. The minimum atomic E-state index is -4.36. The van der Waals surface area contributed by atoms with Crippen LogP contribution in [0.3, 0.4) is 0 Å². The van der Waals surface area contributed by atoms with Gasteiger partial charge in [-0.15, -0.1) is 0 Å². The highest BCUT2D eigenvalue weighted by molar-refractivity contribution is 7.47. The first-order valence-electron chi connectivity index (χ1n) is 35.8. The number of hydrogen-bond donors (Lipinski definition) is 3. The highest BCUT2D eigenvalue weighted by Gasteiger charge is 2.28. The quantitative estimate of drug-likeness (QED) is 0.0243. The van der Waals surface area contributed by atoms with Crippen LogP contribution in [0.5, 0.6) is 0 Å². The summed E-state index contributed by atoms with van der Waals surface area (Å²) in [6.07, 6.45) is 90.7. The van der Waals surface area contributed by atoms with Crippen LogP contribution in [-0.4, -0.2) is 73.4 Å². The zero-order chi connectivity index (χ0) is 60.5. The molecule has 9 heteroatoms. The van der Waals surface area contributed by atoms with E-state index in [9.17, 15) is 19.4 Å². The van der Waals surface area contributed by atoms with Crippen LogP contribution in [0, 0.1) is 0 Å². The fraction of sp³-hybridized carbons (Fsp3) is 0.824. The highest BCUT2D eigenvalue weighted by Crippen LogP contribution is 2.43. The number of hydrogen-bond acceptors (Lipinski definition) is 5. The van der Waals surface area contributed by atoms with E-state index in [0.29, 0.717) is 17.4 Å². The molecule has 0 aromatic heterocycles. The first-order valence-corrected chi connectivity index (χ1v) is 37.3. The number of rotatable bonds is 66. The molecule has 0 radical (unpaired) electrons. The van der Waals surface area contributed by atoms with Gasteiger partial charge in [0.25, 0.3) is 0 Å². The number of carbonyl (C=O) groups is 1. The highest BCUT2D eigenvalue weighted by atomic mass is 31.2. The van der Waals surface area contributed by atoms with E-state index in [1.54, 1.807) is 6.08 Å². The summed E-state index contributed by atoms with van der Waals surface area (Å²) in [6, 6.07) is -0.864. The number of allylic oxidation sites excluding steroid dienone is 11. The molecule has 0 aliphatic heterocycles. The lowest BCUT2D eigenvalue weighted by Gasteiger charge is -2.25. The van der Waals surface area contributed by atoms with Crippen LogP contribution in [0.4, 0.5) is 0 Å². The van der Waals surface area contributed by atoms with Gasteiger partial charge in [-0.25, -0.2) is 4.57 Å². The SMILES string of the molecule is CC/C=C\C/C=C\C/C=C\C/C=C\CCCCCCCCCCCCCCCCCCCCCCCCCCCCCCC(=O)NC(COP(=O)(O)OCC[N+](C)(C)C)C(O)/C=C/CC/C=C/CCCCCCCCCCCCCCCC. The largest absolute Gasteiger partial charge is 0.472 e. The number of quaternary nitrogens is 1. The van der Waals surface area contributed by atoms with E-state index in [-0.39, 0.29) is 19.1 Å². The molecule has 0 heterocycles. The topological polar surface area (TPSA) is 105 Å². The second-order valence-electron chi connectivity index (χ2n) is 25.6. The summed E-state index contributed by atoms with van der Waals surface area (Å²) in [5.41, 5.74) is 0. The number of aliphatic hydroxyl groups is 1. The van der Waals surface area contributed by atoms with Gasteiger partial charge < -0.3 is 19.8 Å². The number of phosphoric ester groups is 1. The average molecular weight is 1180 g/mol. The van der Waals surface area contributed by atoms with Crippen LogP contribution >= 0.6 is 7.82 Å². The van der Waals surface area contributed by atoms with Crippen LogP contribution in [0.1, 0.15) is 341 Å². The smallest absolute Gasteiger partial charge is 0.387 e. The lowest BCUT2D eigenvalue weighted by Crippen LogP contribution is -2.45. The molecular formula is C74H140N2O6P+. The molecule has 3 atom stereocenters. The Balaban J connectivity index is 3.93. The summed E-state index contributed by atoms with van der Waals surface area (Å²) in [6.45, 7) is 4.72. The van der Waals surface area contributed by atoms with E-state index in [1.807, 2.05) is 27.2 Å². The normalized spacial score (nSPS) is 14.1. The Labute approximate surface area is 516 Å². The Hall–Kier alpha value is -2.06. The molecule has 0 rings (SSSR count). The predicted octanol–water partition coefficient (Wildman–Crippen LogP) is 22.9. The monoisotopic (exact) mass is 1180 g/mol. The second-order valence-corrected chi connectivity index (χ2v) is 27.0. The fourth-order valence-electron chi connectivity index (χ4n) is 10.6. The Morgan fingerprint density at radius 2 is 0.735 bits per heavy atom. The maximum absolute atomic E-state index is 13.0. The number of phosphoric acid groups is 1. The van der Waals surface area contributed by atoms with Gasteiger partial charge in [-0.3, -0.25) is 13.8 Å². The zero-order valence-electron chi connectivity index (χ0n) is 55.7. The van der Waals surface area contributed by atoms with E-state index < -0.39 is 20.0 Å². The van der Waals surface area contributed by atoms with Gasteiger partial charge >= 0.3 is 7.82 Å². The molecule has 0 saturated heterocycles. The van der Waals surface area contributed by atoms with Crippen molar-refractivity contribution in [1.29, 1.82) is 0 Å². The molecule has 83 heavy (non-hydrogen) atoms. The third-order valence-electron chi connectivity index (χ3n) is 16.2. The minimum Gasteiger partial charge on any atom is -0.387 e. The Kier molecular flexibility index (Phi) is 62.8. The van der Waals surface area contributed by atoms with Gasteiger partial charge in [0.15, 0.2) is 0 Å². The number of nitrogens with zero attached hydrogens (tertiary/aromatic N) is 1. The molecule has 3 unspecified atom stereocenters. The third-order valence-corrected chi connectivity index (χ3v) is 17.1. The Morgan fingerprint density at radius 3 is 1.11 bits per heavy atom. The summed E-state index contributed by atoms with van der Waals surface area (Å²) >= 11 is 0. The summed E-state index contributed by atoms with van der Waals surface area (Å²) in [7, 11) is 1.57. The average Bonchev–Trinajstić information content (AvgIpc) is 3.49. The van der Waals surface area contributed by atoms with Gasteiger partial charge in [0.1, 0.15) is 13.2 Å². The number of aliphatic hydroxyl groups excluding tert-OH is 1. The zero-order valence-corrected chi connectivity index (χ0v) is 56.6. The minimum absolute atomic E-state index is 0.0569. The van der Waals surface area contributed by atoms with Gasteiger partial charge in [-0.1, -0.05) is 337 Å². The summed E-state index contributed by atoms with van der Waals surface area (Å²) in [4.78, 5) is 23.4. The molecule has 486 valence electrons. The first-order chi connectivity index (χ1) is 40.5. The van der Waals surface area contributed by atoms with Crippen LogP contribution in [0.25, 0.3) is 0 Å². The molecule has 0 aliphatic carbocycles. The van der Waals surface area contributed by atoms with Gasteiger partial charge in [-0.2, -0.15) is 0 Å². The van der Waals surface area contributed by atoms with Gasteiger partial charge in [0.2, 0.25) is 5.91 Å². The van der Waals surface area contributed by atoms with Crippen molar-refractivity contribution in [3.8, 4) is 0 Å². The first kappa shape index (κ1) is 80.9. The van der Waals surface area contributed by atoms with E-state index in [4.69, 9.17) is 9.05 Å². The molecule has 0 aliphatic rings. The Morgan fingerprint density at radius 1 is 0.422 bits per heavy atom. The second kappa shape index (κ2) is 64.4. The molecular weight excluding hydrogens is 1040 g/mol. The number of carbonyl (C=O) groups excluding carboxylic acids is 1. The fourth-order valence-corrected chi connectivity index (χ4v) is 11.4. The predicted molar refractivity (Wildman–Crippen MR) is 364 cm³/mol. The third kappa shape index (κ3) is 67.3. The molecule has 0 spiro atoms. The maximum Gasteiger partial charge on any atom is 0.472 e. The van der Waals surface area contributed by atoms with Crippen molar-refractivity contribution in [3.63, 3.8) is 0 Å². The van der Waals surface area contributed by atoms with Crippen LogP contribution in [-0.2, 0) is 18.4 Å². The number of unbranched alkanes of at least 4 members (excludes halogenated alkanes) is 43. The van der Waals surface area contributed by atoms with Crippen LogP contribution in [0.15, 0.2) is 72.9 Å². The van der Waals surface area contributed by atoms with Crippen molar-refractivity contribution in [2.45, 2.75) is 353 Å². The molecule has 0 saturated carbocycles. The molecule has 0 aromatic carbocycles. The Bertz CT molecular complexity index is 1580. The summed E-state index contributed by atoms with van der Waals surface area (Å²) < 4.78 is 23.8. The van der Waals surface area contributed by atoms with E-state index in [0.717, 1.165) is 64.2 Å². The van der Waals surface area contributed by atoms with Gasteiger partial charge in [-0.05, 0) is 70.6 Å². The summed E-state index contributed by atoms with van der Waals surface area (Å²) in [5, 5.41) is 14.0.